The van der Waals surface area contributed by atoms with Crippen molar-refractivity contribution in [3.63, 3.8) is 0 Å². The van der Waals surface area contributed by atoms with Gasteiger partial charge >= 0.3 is 0 Å². The van der Waals surface area contributed by atoms with Crippen LogP contribution in [0.1, 0.15) is 0 Å². The Morgan fingerprint density at radius 1 is 0.500 bits per heavy atom. The van der Waals surface area contributed by atoms with Crippen molar-refractivity contribution in [2.45, 2.75) is 0 Å². The Hall–Kier alpha value is -2.74. The molecule has 2 nitrogen and oxygen atoms in total. The van der Waals surface area contributed by atoms with Crippen LogP contribution in [0.15, 0.2) is 72.8 Å². The maximum Gasteiger partial charge on any atom is 0.158 e. The maximum atomic E-state index is 9.78. The predicted molar refractivity (Wildman–Crippen MR) is 80.6 cm³/mol. The minimum Gasteiger partial charge on any atom is -0.504 e. The van der Waals surface area contributed by atoms with E-state index >= 15 is 0 Å². The van der Waals surface area contributed by atoms with Gasteiger partial charge in [-0.15, -0.1) is 0 Å². The zero-order valence-corrected chi connectivity index (χ0v) is 10.8. The third-order valence-electron chi connectivity index (χ3n) is 3.28. The first-order valence-corrected chi connectivity index (χ1v) is 6.42. The number of benzene rings is 3. The highest BCUT2D eigenvalue weighted by Crippen LogP contribution is 2.39. The molecule has 0 saturated heterocycles. The molecule has 0 atom stereocenters. The minimum absolute atomic E-state index is 0.108. The standard InChI is InChI=1S/C18H14O2/c19-17-11-15(13-7-3-1-4-8-13)16(12-18(17)20)14-9-5-2-6-10-14/h1-12,19-20H. The number of phenolic OH excluding ortho intramolecular Hbond substituents is 2. The van der Waals surface area contributed by atoms with Crippen LogP contribution in [-0.2, 0) is 0 Å². The second-order valence-electron chi connectivity index (χ2n) is 4.62. The summed E-state index contributed by atoms with van der Waals surface area (Å²) in [5, 5.41) is 19.6. The smallest absolute Gasteiger partial charge is 0.158 e. The van der Waals surface area contributed by atoms with E-state index in [4.69, 9.17) is 0 Å². The molecule has 0 aliphatic carbocycles. The Bertz CT molecular complexity index is 655. The quantitative estimate of drug-likeness (QED) is 0.671. The summed E-state index contributed by atoms with van der Waals surface area (Å²) in [5.41, 5.74) is 3.79. The van der Waals surface area contributed by atoms with Crippen molar-refractivity contribution in [3.05, 3.63) is 72.8 Å². The van der Waals surface area contributed by atoms with Gasteiger partial charge in [-0.05, 0) is 34.4 Å². The monoisotopic (exact) mass is 262 g/mol. The predicted octanol–water partition coefficient (Wildman–Crippen LogP) is 4.43. The fourth-order valence-electron chi connectivity index (χ4n) is 2.29. The van der Waals surface area contributed by atoms with Gasteiger partial charge in [0, 0.05) is 0 Å². The van der Waals surface area contributed by atoms with E-state index in [2.05, 4.69) is 0 Å². The van der Waals surface area contributed by atoms with E-state index in [9.17, 15) is 10.2 Å². The van der Waals surface area contributed by atoms with Crippen molar-refractivity contribution in [2.24, 2.45) is 0 Å². The van der Waals surface area contributed by atoms with Crippen LogP contribution < -0.4 is 0 Å². The lowest BCUT2D eigenvalue weighted by Gasteiger charge is -2.12. The molecule has 0 aliphatic rings. The summed E-state index contributed by atoms with van der Waals surface area (Å²) in [6, 6.07) is 22.9. The van der Waals surface area contributed by atoms with Crippen molar-refractivity contribution >= 4 is 0 Å². The Labute approximate surface area is 117 Å². The van der Waals surface area contributed by atoms with E-state index in [0.29, 0.717) is 0 Å². The molecule has 0 fully saturated rings. The third-order valence-corrected chi connectivity index (χ3v) is 3.28. The SMILES string of the molecule is Oc1cc(-c2ccccc2)c(-c2ccccc2)cc1O. The molecule has 2 heteroatoms. The molecule has 0 bridgehead atoms. The van der Waals surface area contributed by atoms with Gasteiger partial charge in [0.25, 0.3) is 0 Å². The Morgan fingerprint density at radius 3 is 1.20 bits per heavy atom. The second kappa shape index (κ2) is 5.10. The summed E-state index contributed by atoms with van der Waals surface area (Å²) in [7, 11) is 0. The maximum absolute atomic E-state index is 9.78. The van der Waals surface area contributed by atoms with Crippen molar-refractivity contribution in [3.8, 4) is 33.8 Å². The Balaban J connectivity index is 2.26. The summed E-state index contributed by atoms with van der Waals surface area (Å²) in [5.74, 6) is -0.216. The molecule has 2 N–H and O–H groups in total. The lowest BCUT2D eigenvalue weighted by molar-refractivity contribution is 0.404. The van der Waals surface area contributed by atoms with Crippen LogP contribution in [0.4, 0.5) is 0 Å². The number of phenols is 2. The highest BCUT2D eigenvalue weighted by Gasteiger charge is 2.11. The highest BCUT2D eigenvalue weighted by atomic mass is 16.3. The van der Waals surface area contributed by atoms with Crippen LogP contribution >= 0.6 is 0 Å². The molecule has 20 heavy (non-hydrogen) atoms. The summed E-state index contributed by atoms with van der Waals surface area (Å²) >= 11 is 0. The first-order valence-electron chi connectivity index (χ1n) is 6.42. The van der Waals surface area contributed by atoms with Crippen molar-refractivity contribution in [2.75, 3.05) is 0 Å². The van der Waals surface area contributed by atoms with Crippen molar-refractivity contribution in [1.82, 2.24) is 0 Å². The zero-order chi connectivity index (χ0) is 13.9. The first-order chi connectivity index (χ1) is 9.75. The first kappa shape index (κ1) is 12.3. The van der Waals surface area contributed by atoms with Crippen LogP contribution in [0.2, 0.25) is 0 Å². The third kappa shape index (κ3) is 2.24. The largest absolute Gasteiger partial charge is 0.504 e. The molecule has 0 amide bonds. The van der Waals surface area contributed by atoms with Gasteiger partial charge < -0.3 is 10.2 Å². The summed E-state index contributed by atoms with van der Waals surface area (Å²) in [6.45, 7) is 0. The van der Waals surface area contributed by atoms with E-state index in [1.807, 2.05) is 60.7 Å². The normalized spacial score (nSPS) is 10.4. The van der Waals surface area contributed by atoms with Gasteiger partial charge in [0.15, 0.2) is 11.5 Å². The lowest BCUT2D eigenvalue weighted by Crippen LogP contribution is -1.85. The molecule has 0 unspecified atom stereocenters. The molecule has 3 rings (SSSR count). The van der Waals surface area contributed by atoms with Gasteiger partial charge in [-0.25, -0.2) is 0 Å². The van der Waals surface area contributed by atoms with Gasteiger partial charge in [0.05, 0.1) is 0 Å². The number of rotatable bonds is 2. The second-order valence-corrected chi connectivity index (χ2v) is 4.62. The lowest BCUT2D eigenvalue weighted by atomic mass is 9.94. The topological polar surface area (TPSA) is 40.5 Å². The van der Waals surface area contributed by atoms with Crippen LogP contribution in [0.5, 0.6) is 11.5 Å². The number of aromatic hydroxyl groups is 2. The average Bonchev–Trinajstić information content (AvgIpc) is 2.51. The number of hydrogen-bond acceptors (Lipinski definition) is 2. The molecule has 0 saturated carbocycles. The summed E-state index contributed by atoms with van der Waals surface area (Å²) in [4.78, 5) is 0. The Morgan fingerprint density at radius 2 is 0.850 bits per heavy atom. The molecule has 0 radical (unpaired) electrons. The van der Waals surface area contributed by atoms with Crippen LogP contribution in [0.3, 0.4) is 0 Å². The Kier molecular flexibility index (Phi) is 3.13. The average molecular weight is 262 g/mol. The van der Waals surface area contributed by atoms with Gasteiger partial charge in [0.2, 0.25) is 0 Å². The highest BCUT2D eigenvalue weighted by molar-refractivity contribution is 5.85. The fourth-order valence-corrected chi connectivity index (χ4v) is 2.29. The molecule has 98 valence electrons. The molecule has 0 aromatic heterocycles. The summed E-state index contributed by atoms with van der Waals surface area (Å²) < 4.78 is 0. The van der Waals surface area contributed by atoms with E-state index in [1.54, 1.807) is 12.1 Å². The van der Waals surface area contributed by atoms with E-state index < -0.39 is 0 Å². The molecule has 3 aromatic rings. The van der Waals surface area contributed by atoms with Gasteiger partial charge in [-0.3, -0.25) is 0 Å². The fraction of sp³-hybridized carbons (Fsp3) is 0. The van der Waals surface area contributed by atoms with Crippen LogP contribution in [0.25, 0.3) is 22.3 Å². The zero-order valence-electron chi connectivity index (χ0n) is 10.8. The molecule has 0 spiro atoms. The minimum atomic E-state index is -0.108. The van der Waals surface area contributed by atoms with Crippen molar-refractivity contribution < 1.29 is 10.2 Å². The van der Waals surface area contributed by atoms with Gasteiger partial charge in [-0.1, -0.05) is 60.7 Å². The van der Waals surface area contributed by atoms with E-state index in [1.165, 1.54) is 0 Å². The van der Waals surface area contributed by atoms with Gasteiger partial charge in [-0.2, -0.15) is 0 Å². The molecular formula is C18H14O2. The van der Waals surface area contributed by atoms with Crippen LogP contribution in [0, 0.1) is 0 Å². The van der Waals surface area contributed by atoms with Gasteiger partial charge in [0.1, 0.15) is 0 Å². The van der Waals surface area contributed by atoms with E-state index in [-0.39, 0.29) is 11.5 Å². The van der Waals surface area contributed by atoms with E-state index in [0.717, 1.165) is 22.3 Å². The molecule has 0 heterocycles. The molecular weight excluding hydrogens is 248 g/mol. The molecule has 3 aromatic carbocycles. The van der Waals surface area contributed by atoms with Crippen LogP contribution in [-0.4, -0.2) is 10.2 Å². The van der Waals surface area contributed by atoms with Crippen molar-refractivity contribution in [1.29, 1.82) is 0 Å². The summed E-state index contributed by atoms with van der Waals surface area (Å²) in [6.07, 6.45) is 0. The molecule has 0 aliphatic heterocycles. The number of hydrogen-bond donors (Lipinski definition) is 2.